The molecule has 0 aliphatic carbocycles. The molecule has 6 heteroatoms. The van der Waals surface area contributed by atoms with Gasteiger partial charge in [0.15, 0.2) is 5.78 Å². The number of ketones is 1. The highest BCUT2D eigenvalue weighted by molar-refractivity contribution is 6.09. The third-order valence-corrected chi connectivity index (χ3v) is 4.61. The summed E-state index contributed by atoms with van der Waals surface area (Å²) < 4.78 is 0. The number of piperidine rings is 1. The number of carbonyl (C=O) groups is 3. The van der Waals surface area contributed by atoms with Crippen LogP contribution in [-0.4, -0.2) is 42.3 Å². The van der Waals surface area contributed by atoms with Crippen LogP contribution >= 0.6 is 0 Å². The largest absolute Gasteiger partial charge is 0.352 e. The fraction of sp³-hybridized carbons (Fsp3) is 0.316. The van der Waals surface area contributed by atoms with Crippen molar-refractivity contribution in [3.05, 3.63) is 48.0 Å². The van der Waals surface area contributed by atoms with E-state index >= 15 is 0 Å². The molecular weight excluding hydrogens is 318 g/mol. The lowest BCUT2D eigenvalue weighted by Crippen LogP contribution is -2.47. The maximum absolute atomic E-state index is 13.0. The van der Waals surface area contributed by atoms with Crippen molar-refractivity contribution in [2.75, 3.05) is 19.6 Å². The van der Waals surface area contributed by atoms with Gasteiger partial charge in [-0.3, -0.25) is 9.59 Å². The Bertz CT molecular complexity index is 813. The van der Waals surface area contributed by atoms with Crippen molar-refractivity contribution < 1.29 is 14.4 Å². The number of nitrogens with one attached hydrogen (secondary N) is 1. The number of urea groups is 1. The van der Waals surface area contributed by atoms with Crippen LogP contribution in [0, 0.1) is 5.92 Å². The van der Waals surface area contributed by atoms with Crippen LogP contribution in [0.5, 0.6) is 0 Å². The predicted octanol–water partition coefficient (Wildman–Crippen LogP) is 1.93. The summed E-state index contributed by atoms with van der Waals surface area (Å²) in [5.74, 6) is -0.372. The standard InChI is InChI=1S/C19H21N3O3/c20-19(25)21-11-17(23)22-10-4-7-14(12-22)18(24)16-9-3-6-13-5-1-2-8-15(13)16/h1-3,5-6,8-9,14H,4,7,10-12H2,(H3,20,21,25). The molecule has 1 saturated heterocycles. The van der Waals surface area contributed by atoms with Crippen LogP contribution in [0.15, 0.2) is 42.5 Å². The van der Waals surface area contributed by atoms with Gasteiger partial charge in [-0.15, -0.1) is 0 Å². The molecule has 3 N–H and O–H groups in total. The van der Waals surface area contributed by atoms with E-state index in [2.05, 4.69) is 5.32 Å². The minimum Gasteiger partial charge on any atom is -0.352 e. The maximum Gasteiger partial charge on any atom is 0.312 e. The summed E-state index contributed by atoms with van der Waals surface area (Å²) >= 11 is 0. The van der Waals surface area contributed by atoms with Gasteiger partial charge in [0.2, 0.25) is 5.91 Å². The molecule has 3 amide bonds. The van der Waals surface area contributed by atoms with E-state index in [4.69, 9.17) is 5.73 Å². The summed E-state index contributed by atoms with van der Waals surface area (Å²) in [5, 5.41) is 4.27. The minimum atomic E-state index is -0.728. The number of benzene rings is 2. The lowest BCUT2D eigenvalue weighted by Gasteiger charge is -2.32. The van der Waals surface area contributed by atoms with Crippen molar-refractivity contribution in [3.8, 4) is 0 Å². The van der Waals surface area contributed by atoms with Gasteiger partial charge in [0.1, 0.15) is 0 Å². The van der Waals surface area contributed by atoms with Gasteiger partial charge in [-0.25, -0.2) is 4.79 Å². The van der Waals surface area contributed by atoms with Crippen LogP contribution in [0.25, 0.3) is 10.8 Å². The average Bonchev–Trinajstić information content (AvgIpc) is 2.65. The Morgan fingerprint density at radius 2 is 1.88 bits per heavy atom. The second-order valence-corrected chi connectivity index (χ2v) is 6.29. The highest BCUT2D eigenvalue weighted by Gasteiger charge is 2.29. The van der Waals surface area contributed by atoms with Crippen molar-refractivity contribution in [1.82, 2.24) is 10.2 Å². The second kappa shape index (κ2) is 7.34. The zero-order valence-corrected chi connectivity index (χ0v) is 13.9. The molecule has 6 nitrogen and oxygen atoms in total. The Balaban J connectivity index is 1.75. The predicted molar refractivity (Wildman–Crippen MR) is 95.2 cm³/mol. The van der Waals surface area contributed by atoms with E-state index in [1.165, 1.54) is 0 Å². The lowest BCUT2D eigenvalue weighted by molar-refractivity contribution is -0.131. The number of nitrogens with two attached hydrogens (primary N) is 1. The fourth-order valence-corrected chi connectivity index (χ4v) is 3.35. The third kappa shape index (κ3) is 3.79. The van der Waals surface area contributed by atoms with Crippen LogP contribution < -0.4 is 11.1 Å². The van der Waals surface area contributed by atoms with E-state index in [1.807, 2.05) is 42.5 Å². The number of likely N-dealkylation sites (tertiary alicyclic amines) is 1. The van der Waals surface area contributed by atoms with E-state index in [1.54, 1.807) is 4.90 Å². The van der Waals surface area contributed by atoms with Crippen LogP contribution in [-0.2, 0) is 4.79 Å². The zero-order valence-electron chi connectivity index (χ0n) is 13.9. The normalized spacial score (nSPS) is 17.3. The molecule has 25 heavy (non-hydrogen) atoms. The molecule has 0 bridgehead atoms. The summed E-state index contributed by atoms with van der Waals surface area (Å²) in [6.45, 7) is 0.838. The van der Waals surface area contributed by atoms with Crippen molar-refractivity contribution in [1.29, 1.82) is 0 Å². The first-order valence-electron chi connectivity index (χ1n) is 8.39. The Hall–Kier alpha value is -2.89. The number of amides is 3. The van der Waals surface area contributed by atoms with E-state index in [9.17, 15) is 14.4 Å². The number of hydrogen-bond acceptors (Lipinski definition) is 3. The number of Topliss-reactive ketones (excluding diaryl/α,β-unsaturated/α-hetero) is 1. The van der Waals surface area contributed by atoms with Crippen LogP contribution in [0.1, 0.15) is 23.2 Å². The highest BCUT2D eigenvalue weighted by atomic mass is 16.2. The second-order valence-electron chi connectivity index (χ2n) is 6.29. The summed E-state index contributed by atoms with van der Waals surface area (Å²) in [5.41, 5.74) is 5.70. The Kier molecular flexibility index (Phi) is 4.97. The molecule has 1 unspecified atom stereocenters. The van der Waals surface area contributed by atoms with Gasteiger partial charge in [-0.05, 0) is 23.6 Å². The number of primary amides is 1. The van der Waals surface area contributed by atoms with Gasteiger partial charge in [0, 0.05) is 24.6 Å². The zero-order chi connectivity index (χ0) is 17.8. The maximum atomic E-state index is 13.0. The van der Waals surface area contributed by atoms with Crippen molar-refractivity contribution in [3.63, 3.8) is 0 Å². The molecule has 1 aliphatic rings. The molecule has 1 heterocycles. The highest BCUT2D eigenvalue weighted by Crippen LogP contribution is 2.25. The molecule has 1 aliphatic heterocycles. The molecule has 0 saturated carbocycles. The van der Waals surface area contributed by atoms with Gasteiger partial charge >= 0.3 is 6.03 Å². The number of hydrogen-bond donors (Lipinski definition) is 2. The van der Waals surface area contributed by atoms with E-state index in [0.29, 0.717) is 18.7 Å². The smallest absolute Gasteiger partial charge is 0.312 e. The molecule has 130 valence electrons. The first kappa shape index (κ1) is 17.0. The molecule has 1 fully saturated rings. The molecule has 3 rings (SSSR count). The Labute approximate surface area is 146 Å². The molecule has 0 aromatic heterocycles. The van der Waals surface area contributed by atoms with Gasteiger partial charge < -0.3 is 16.0 Å². The SMILES string of the molecule is NC(=O)NCC(=O)N1CCCC(C(=O)c2cccc3ccccc23)C1. The molecule has 0 radical (unpaired) electrons. The quantitative estimate of drug-likeness (QED) is 0.834. The van der Waals surface area contributed by atoms with Crippen molar-refractivity contribution in [2.45, 2.75) is 12.8 Å². The summed E-state index contributed by atoms with van der Waals surface area (Å²) in [4.78, 5) is 37.6. The summed E-state index contributed by atoms with van der Waals surface area (Å²) in [6.07, 6.45) is 1.53. The Morgan fingerprint density at radius 3 is 2.68 bits per heavy atom. The molecule has 1 atom stereocenters. The van der Waals surface area contributed by atoms with E-state index in [0.717, 1.165) is 23.6 Å². The van der Waals surface area contributed by atoms with Gasteiger partial charge in [-0.2, -0.15) is 0 Å². The minimum absolute atomic E-state index is 0.0668. The number of carbonyl (C=O) groups excluding carboxylic acids is 3. The number of fused-ring (bicyclic) bond motifs is 1. The fourth-order valence-electron chi connectivity index (χ4n) is 3.35. The molecule has 2 aromatic rings. The summed E-state index contributed by atoms with van der Waals surface area (Å²) in [7, 11) is 0. The van der Waals surface area contributed by atoms with E-state index < -0.39 is 6.03 Å². The molecular formula is C19H21N3O3. The van der Waals surface area contributed by atoms with Gasteiger partial charge in [-0.1, -0.05) is 42.5 Å². The number of rotatable bonds is 4. The third-order valence-electron chi connectivity index (χ3n) is 4.61. The van der Waals surface area contributed by atoms with Crippen molar-refractivity contribution >= 4 is 28.5 Å². The lowest BCUT2D eigenvalue weighted by atomic mass is 9.88. The first-order chi connectivity index (χ1) is 12.1. The van der Waals surface area contributed by atoms with Gasteiger partial charge in [0.25, 0.3) is 0 Å². The molecule has 0 spiro atoms. The van der Waals surface area contributed by atoms with E-state index in [-0.39, 0.29) is 24.2 Å². The van der Waals surface area contributed by atoms with Crippen LogP contribution in [0.3, 0.4) is 0 Å². The van der Waals surface area contributed by atoms with Gasteiger partial charge in [0.05, 0.1) is 6.54 Å². The summed E-state index contributed by atoms with van der Waals surface area (Å²) in [6, 6.07) is 12.8. The van der Waals surface area contributed by atoms with Crippen LogP contribution in [0.2, 0.25) is 0 Å². The number of nitrogens with zero attached hydrogens (tertiary/aromatic N) is 1. The van der Waals surface area contributed by atoms with Crippen LogP contribution in [0.4, 0.5) is 4.79 Å². The topological polar surface area (TPSA) is 92.5 Å². The Morgan fingerprint density at radius 1 is 1.12 bits per heavy atom. The monoisotopic (exact) mass is 339 g/mol. The average molecular weight is 339 g/mol. The van der Waals surface area contributed by atoms with Crippen molar-refractivity contribution in [2.24, 2.45) is 11.7 Å². The first-order valence-corrected chi connectivity index (χ1v) is 8.39. The molecule has 2 aromatic carbocycles.